The van der Waals surface area contributed by atoms with Gasteiger partial charge in [-0.1, -0.05) is 0 Å². The Balaban J connectivity index is 1.82. The molecular weight excluding hydrogens is 424 g/mol. The molecule has 3 aromatic rings. The maximum absolute atomic E-state index is 14.2. The molecule has 0 aliphatic heterocycles. The molecule has 1 amide bonds. The van der Waals surface area contributed by atoms with E-state index in [0.29, 0.717) is 27.4 Å². The zero-order valence-electron chi connectivity index (χ0n) is 17.7. The summed E-state index contributed by atoms with van der Waals surface area (Å²) in [5.41, 5.74) is 1.55. The van der Waals surface area contributed by atoms with Crippen LogP contribution in [0.5, 0.6) is 0 Å². The molecule has 0 saturated carbocycles. The number of alkyl halides is 1. The van der Waals surface area contributed by atoms with Crippen molar-refractivity contribution in [3.63, 3.8) is 0 Å². The molecule has 2 aromatic heterocycles. The number of nitrogens with zero attached hydrogens (tertiary/aromatic N) is 2. The number of hydrogen-bond acceptors (Lipinski definition) is 7. The van der Waals surface area contributed by atoms with Gasteiger partial charge in [-0.05, 0) is 39.8 Å². The monoisotopic (exact) mass is 449 g/mol. The second-order valence-electron chi connectivity index (χ2n) is 8.03. The van der Waals surface area contributed by atoms with E-state index in [4.69, 9.17) is 0 Å². The van der Waals surface area contributed by atoms with E-state index in [1.807, 2.05) is 13.8 Å². The summed E-state index contributed by atoms with van der Waals surface area (Å²) < 4.78 is 28.9. The molecule has 0 unspecified atom stereocenters. The highest BCUT2D eigenvalue weighted by molar-refractivity contribution is 7.16. The highest BCUT2D eigenvalue weighted by Crippen LogP contribution is 2.28. The molecule has 0 aliphatic carbocycles. The summed E-state index contributed by atoms with van der Waals surface area (Å²) in [5.74, 6) is -0.556. The molecule has 0 aliphatic rings. The Hall–Kier alpha value is -2.85. The van der Waals surface area contributed by atoms with E-state index in [1.165, 1.54) is 37.4 Å². The number of benzene rings is 1. The van der Waals surface area contributed by atoms with Crippen molar-refractivity contribution in [1.29, 1.82) is 0 Å². The molecular formula is C21H25F2N5O2S. The van der Waals surface area contributed by atoms with E-state index in [-0.39, 0.29) is 18.2 Å². The van der Waals surface area contributed by atoms with Crippen molar-refractivity contribution in [3.8, 4) is 0 Å². The second kappa shape index (κ2) is 9.11. The first-order valence-electron chi connectivity index (χ1n) is 9.75. The van der Waals surface area contributed by atoms with Gasteiger partial charge in [-0.15, -0.1) is 11.3 Å². The maximum atomic E-state index is 14.2. The molecule has 0 radical (unpaired) electrons. The third-order valence-corrected chi connectivity index (χ3v) is 5.24. The first-order valence-corrected chi connectivity index (χ1v) is 10.6. The standard InChI is InChI=1S/C21H25F2N5O2S/c1-11(2)27-15-7-18(28-12-5-14(22)19-16(6-12)31-10-26-19)24-8-13(15)20(29)25-9-17(23)21(3,4)30/h5-8,10-11,17,30H,9H2,1-4H3,(H,25,29)(H2,24,27,28)/t17-/m1/s1. The maximum Gasteiger partial charge on any atom is 0.255 e. The van der Waals surface area contributed by atoms with E-state index in [9.17, 15) is 18.7 Å². The lowest BCUT2D eigenvalue weighted by molar-refractivity contribution is -0.00177. The smallest absolute Gasteiger partial charge is 0.255 e. The van der Waals surface area contributed by atoms with Crippen LogP contribution in [-0.2, 0) is 0 Å². The highest BCUT2D eigenvalue weighted by Gasteiger charge is 2.27. The number of rotatable bonds is 8. The number of nitrogens with one attached hydrogen (secondary N) is 3. The Morgan fingerprint density at radius 1 is 1.26 bits per heavy atom. The van der Waals surface area contributed by atoms with Gasteiger partial charge in [0.15, 0.2) is 5.82 Å². The van der Waals surface area contributed by atoms with Gasteiger partial charge >= 0.3 is 0 Å². The fourth-order valence-corrected chi connectivity index (χ4v) is 3.54. The summed E-state index contributed by atoms with van der Waals surface area (Å²) in [6, 6.07) is 4.74. The van der Waals surface area contributed by atoms with Crippen LogP contribution >= 0.6 is 11.3 Å². The lowest BCUT2D eigenvalue weighted by Crippen LogP contribution is -2.42. The predicted molar refractivity (Wildman–Crippen MR) is 119 cm³/mol. The first kappa shape index (κ1) is 22.8. The first-order chi connectivity index (χ1) is 14.5. The van der Waals surface area contributed by atoms with Crippen LogP contribution in [0.15, 0.2) is 29.9 Å². The van der Waals surface area contributed by atoms with Crippen molar-refractivity contribution in [3.05, 3.63) is 41.3 Å². The zero-order chi connectivity index (χ0) is 22.8. The molecule has 4 N–H and O–H groups in total. The number of aliphatic hydroxyl groups is 1. The van der Waals surface area contributed by atoms with Crippen molar-refractivity contribution in [1.82, 2.24) is 15.3 Å². The van der Waals surface area contributed by atoms with Gasteiger partial charge in [-0.3, -0.25) is 4.79 Å². The predicted octanol–water partition coefficient (Wildman–Crippen LogP) is 4.23. The Kier molecular flexibility index (Phi) is 6.71. The quantitative estimate of drug-likeness (QED) is 0.411. The summed E-state index contributed by atoms with van der Waals surface area (Å²) in [6.07, 6.45) is -0.259. The molecule has 166 valence electrons. The van der Waals surface area contributed by atoms with Crippen LogP contribution in [0.2, 0.25) is 0 Å². The molecule has 0 spiro atoms. The van der Waals surface area contributed by atoms with Gasteiger partial charge in [0.1, 0.15) is 17.5 Å². The number of amides is 1. The summed E-state index contributed by atoms with van der Waals surface area (Å²) in [4.78, 5) is 20.8. The average Bonchev–Trinajstić information content (AvgIpc) is 3.14. The topological polar surface area (TPSA) is 99.2 Å². The molecule has 7 nitrogen and oxygen atoms in total. The normalized spacial score (nSPS) is 12.8. The summed E-state index contributed by atoms with van der Waals surface area (Å²) >= 11 is 1.33. The van der Waals surface area contributed by atoms with Crippen molar-refractivity contribution >= 4 is 44.7 Å². The number of carbonyl (C=O) groups is 1. The Labute approximate surface area is 182 Å². The number of carbonyl (C=O) groups excluding carboxylic acids is 1. The molecule has 1 atom stereocenters. The number of thiazole rings is 1. The molecule has 3 rings (SSSR count). The molecule has 10 heteroatoms. The fourth-order valence-electron chi connectivity index (χ4n) is 2.81. The van der Waals surface area contributed by atoms with Crippen molar-refractivity contribution in [2.45, 2.75) is 45.5 Å². The van der Waals surface area contributed by atoms with Crippen molar-refractivity contribution in [2.75, 3.05) is 17.2 Å². The van der Waals surface area contributed by atoms with Crippen LogP contribution in [0, 0.1) is 5.82 Å². The lowest BCUT2D eigenvalue weighted by Gasteiger charge is -2.23. The van der Waals surface area contributed by atoms with Crippen LogP contribution in [0.25, 0.3) is 10.2 Å². The molecule has 0 bridgehead atoms. The van der Waals surface area contributed by atoms with Gasteiger partial charge in [0.25, 0.3) is 5.91 Å². The number of aromatic nitrogens is 2. The molecule has 1 aromatic carbocycles. The number of fused-ring (bicyclic) bond motifs is 1. The zero-order valence-corrected chi connectivity index (χ0v) is 18.5. The largest absolute Gasteiger partial charge is 0.387 e. The molecule has 0 saturated heterocycles. The second-order valence-corrected chi connectivity index (χ2v) is 8.91. The Morgan fingerprint density at radius 3 is 2.68 bits per heavy atom. The van der Waals surface area contributed by atoms with Crippen LogP contribution in [0.3, 0.4) is 0 Å². The number of hydrogen-bond donors (Lipinski definition) is 4. The molecule has 2 heterocycles. The third kappa shape index (κ3) is 5.65. The van der Waals surface area contributed by atoms with Crippen LogP contribution in [-0.4, -0.2) is 45.3 Å². The lowest BCUT2D eigenvalue weighted by atomic mass is 10.0. The number of halogens is 2. The van der Waals surface area contributed by atoms with E-state index >= 15 is 0 Å². The van der Waals surface area contributed by atoms with Crippen LogP contribution in [0.4, 0.5) is 26.0 Å². The minimum absolute atomic E-state index is 0.0121. The van der Waals surface area contributed by atoms with Crippen molar-refractivity contribution in [2.24, 2.45) is 0 Å². The van der Waals surface area contributed by atoms with Gasteiger partial charge in [-0.25, -0.2) is 18.7 Å². The average molecular weight is 450 g/mol. The summed E-state index contributed by atoms with van der Waals surface area (Å²) in [7, 11) is 0. The van der Waals surface area contributed by atoms with Crippen molar-refractivity contribution < 1.29 is 18.7 Å². The van der Waals surface area contributed by atoms with Gasteiger partial charge in [0.05, 0.1) is 33.6 Å². The number of anilines is 3. The van der Waals surface area contributed by atoms with E-state index in [0.717, 1.165) is 0 Å². The summed E-state index contributed by atoms with van der Waals surface area (Å²) in [5, 5.41) is 18.4. The van der Waals surface area contributed by atoms with E-state index in [1.54, 1.807) is 17.6 Å². The molecule has 0 fully saturated rings. The van der Waals surface area contributed by atoms with E-state index in [2.05, 4.69) is 25.9 Å². The van der Waals surface area contributed by atoms with Gasteiger partial charge in [-0.2, -0.15) is 0 Å². The minimum Gasteiger partial charge on any atom is -0.387 e. The van der Waals surface area contributed by atoms with Crippen LogP contribution < -0.4 is 16.0 Å². The van der Waals surface area contributed by atoms with Crippen LogP contribution in [0.1, 0.15) is 38.1 Å². The fraction of sp³-hybridized carbons (Fsp3) is 0.381. The van der Waals surface area contributed by atoms with E-state index < -0.39 is 23.5 Å². The minimum atomic E-state index is -1.62. The highest BCUT2D eigenvalue weighted by atomic mass is 32.1. The SMILES string of the molecule is CC(C)Nc1cc(Nc2cc(F)c3ncsc3c2)ncc1C(=O)NC[C@@H](F)C(C)(C)O. The molecule has 31 heavy (non-hydrogen) atoms. The van der Waals surface area contributed by atoms with Gasteiger partial charge in [0, 0.05) is 24.0 Å². The van der Waals surface area contributed by atoms with Gasteiger partial charge in [0.2, 0.25) is 0 Å². The third-order valence-electron chi connectivity index (χ3n) is 4.46. The summed E-state index contributed by atoms with van der Waals surface area (Å²) in [6.45, 7) is 6.16. The Morgan fingerprint density at radius 2 is 2.00 bits per heavy atom. The Bertz CT molecular complexity index is 1080. The number of pyridine rings is 1. The van der Waals surface area contributed by atoms with Gasteiger partial charge < -0.3 is 21.1 Å².